The summed E-state index contributed by atoms with van der Waals surface area (Å²) < 4.78 is 83.0. The molecule has 176 valence electrons. The molecule has 0 spiro atoms. The van der Waals surface area contributed by atoms with Crippen molar-refractivity contribution in [1.29, 1.82) is 0 Å². The summed E-state index contributed by atoms with van der Waals surface area (Å²) in [5.41, 5.74) is -0.477. The number of hydrogen-bond acceptors (Lipinski definition) is 7. The average Bonchev–Trinajstić information content (AvgIpc) is 3.20. The zero-order valence-electron chi connectivity index (χ0n) is 17.2. The first-order chi connectivity index (χ1) is 16.0. The summed E-state index contributed by atoms with van der Waals surface area (Å²) in [5.74, 6) is -2.56. The van der Waals surface area contributed by atoms with Crippen molar-refractivity contribution in [3.8, 4) is 28.5 Å². The lowest BCUT2D eigenvalue weighted by Gasteiger charge is -2.11. The molecule has 4 aromatic rings. The van der Waals surface area contributed by atoms with E-state index in [0.29, 0.717) is 28.0 Å². The second-order valence-electron chi connectivity index (χ2n) is 6.99. The summed E-state index contributed by atoms with van der Waals surface area (Å²) in [6.07, 6.45) is -2.83. The number of benzene rings is 1. The first-order valence-electron chi connectivity index (χ1n) is 9.62. The predicted octanol–water partition coefficient (Wildman–Crippen LogP) is 3.90. The van der Waals surface area contributed by atoms with Gasteiger partial charge < -0.3 is 0 Å². The van der Waals surface area contributed by atoms with Gasteiger partial charge >= 0.3 is 11.9 Å². The minimum absolute atomic E-state index is 0.264. The third kappa shape index (κ3) is 4.33. The molecule has 0 saturated heterocycles. The van der Waals surface area contributed by atoms with E-state index in [1.54, 1.807) is 0 Å². The highest BCUT2D eigenvalue weighted by molar-refractivity contribution is 7.91. The smallest absolute Gasteiger partial charge is 0.295 e. The Bertz CT molecular complexity index is 1510. The summed E-state index contributed by atoms with van der Waals surface area (Å²) in [4.78, 5) is 19.8. The molecule has 0 fully saturated rings. The molecule has 8 nitrogen and oxygen atoms in total. The molecule has 0 aliphatic rings. The van der Waals surface area contributed by atoms with Gasteiger partial charge in [0.25, 0.3) is 0 Å². The van der Waals surface area contributed by atoms with Gasteiger partial charge in [-0.25, -0.2) is 27.2 Å². The minimum Gasteiger partial charge on any atom is -0.295 e. The van der Waals surface area contributed by atoms with Crippen molar-refractivity contribution in [3.63, 3.8) is 0 Å². The van der Waals surface area contributed by atoms with Gasteiger partial charge in [0.15, 0.2) is 9.84 Å². The van der Waals surface area contributed by atoms with E-state index in [2.05, 4.69) is 19.6 Å². The van der Waals surface area contributed by atoms with Crippen molar-refractivity contribution in [1.82, 2.24) is 19.7 Å². The quantitative estimate of drug-likeness (QED) is 0.387. The first kappa shape index (κ1) is 23.3. The normalized spacial score (nSPS) is 12.1. The largest absolute Gasteiger partial charge is 0.447 e. The highest BCUT2D eigenvalue weighted by atomic mass is 32.2. The van der Waals surface area contributed by atoms with Crippen LogP contribution in [0.5, 0.6) is 0 Å². The van der Waals surface area contributed by atoms with Gasteiger partial charge in [-0.15, -0.1) is 0 Å². The minimum atomic E-state index is -4.64. The zero-order valence-corrected chi connectivity index (χ0v) is 18.1. The van der Waals surface area contributed by atoms with E-state index in [4.69, 9.17) is 0 Å². The van der Waals surface area contributed by atoms with E-state index >= 15 is 0 Å². The maximum atomic E-state index is 13.3. The average molecular weight is 494 g/mol. The van der Waals surface area contributed by atoms with Crippen LogP contribution in [0.4, 0.5) is 17.6 Å². The number of aromatic nitrogens is 4. The fraction of sp³-hybridized carbons (Fsp3) is 0.143. The molecule has 0 unspecified atom stereocenters. The summed E-state index contributed by atoms with van der Waals surface area (Å²) in [5, 5.41) is 3.59. The van der Waals surface area contributed by atoms with E-state index in [9.17, 15) is 30.8 Å². The van der Waals surface area contributed by atoms with Crippen molar-refractivity contribution in [2.24, 2.45) is 0 Å². The van der Waals surface area contributed by atoms with Crippen LogP contribution in [-0.2, 0) is 16.0 Å². The Kier molecular flexibility index (Phi) is 5.81. The second-order valence-corrected chi connectivity index (χ2v) is 9.24. The number of halogens is 4. The van der Waals surface area contributed by atoms with Gasteiger partial charge in [0.2, 0.25) is 5.82 Å². The van der Waals surface area contributed by atoms with Crippen molar-refractivity contribution < 1.29 is 30.5 Å². The molecule has 0 aliphatic heterocycles. The molecule has 13 heteroatoms. The lowest BCUT2D eigenvalue weighted by molar-refractivity contribution is -0.137. The maximum absolute atomic E-state index is 13.3. The molecule has 3 aromatic heterocycles. The number of sulfone groups is 1. The number of hydrogen-bond donors (Lipinski definition) is 0. The van der Waals surface area contributed by atoms with Gasteiger partial charge in [-0.05, 0) is 35.9 Å². The Hall–Kier alpha value is -3.87. The molecule has 0 atom stereocenters. The third-order valence-electron chi connectivity index (χ3n) is 4.87. The molecule has 0 saturated carbocycles. The number of pyridine rings is 2. The van der Waals surface area contributed by atoms with E-state index in [1.807, 2.05) is 0 Å². The molecule has 3 heterocycles. The summed E-state index contributed by atoms with van der Waals surface area (Å²) in [7, 11) is -3.93. The lowest BCUT2D eigenvalue weighted by Crippen LogP contribution is -2.17. The molecule has 4 rings (SSSR count). The van der Waals surface area contributed by atoms with Gasteiger partial charge in [0.1, 0.15) is 17.3 Å². The van der Waals surface area contributed by atoms with Crippen LogP contribution in [0.1, 0.15) is 12.5 Å². The Morgan fingerprint density at radius 2 is 1.71 bits per heavy atom. The standard InChI is InChI=1S/C21H14F4N4O4S/c1-2-34(31,32)16-9-13(12-3-6-15(22)7-4-12)10-27-18(16)19-28-33-20(30)29(19)17-8-5-14(11-26-17)21(23,24)25/h3-11H,2H2,1H3. The topological polar surface area (TPSA) is 108 Å². The van der Waals surface area contributed by atoms with Crippen LogP contribution in [0.2, 0.25) is 0 Å². The van der Waals surface area contributed by atoms with Crippen molar-refractivity contribution in [3.05, 3.63) is 76.8 Å². The van der Waals surface area contributed by atoms with Gasteiger partial charge in [-0.2, -0.15) is 13.2 Å². The zero-order chi connectivity index (χ0) is 24.7. The molecule has 1 aromatic carbocycles. The fourth-order valence-electron chi connectivity index (χ4n) is 3.09. The molecule has 0 bridgehead atoms. The highest BCUT2D eigenvalue weighted by Gasteiger charge is 2.31. The van der Waals surface area contributed by atoms with Crippen LogP contribution in [0.25, 0.3) is 28.5 Å². The maximum Gasteiger partial charge on any atom is 0.447 e. The Balaban J connectivity index is 1.90. The molecule has 0 radical (unpaired) electrons. The van der Waals surface area contributed by atoms with E-state index in [0.717, 1.165) is 6.07 Å². The van der Waals surface area contributed by atoms with Crippen molar-refractivity contribution in [2.45, 2.75) is 18.0 Å². The summed E-state index contributed by atoms with van der Waals surface area (Å²) in [6.45, 7) is 1.40. The van der Waals surface area contributed by atoms with E-state index in [1.165, 1.54) is 43.5 Å². The van der Waals surface area contributed by atoms with Crippen LogP contribution in [0.15, 0.2) is 69.1 Å². The van der Waals surface area contributed by atoms with Gasteiger partial charge in [-0.1, -0.05) is 24.2 Å². The Morgan fingerprint density at radius 3 is 2.29 bits per heavy atom. The van der Waals surface area contributed by atoms with E-state index in [-0.39, 0.29) is 28.0 Å². The van der Waals surface area contributed by atoms with Gasteiger partial charge in [0, 0.05) is 18.0 Å². The molecule has 0 N–H and O–H groups in total. The lowest BCUT2D eigenvalue weighted by atomic mass is 10.1. The van der Waals surface area contributed by atoms with Crippen LogP contribution in [0.3, 0.4) is 0 Å². The summed E-state index contributed by atoms with van der Waals surface area (Å²) >= 11 is 0. The Morgan fingerprint density at radius 1 is 1.00 bits per heavy atom. The monoisotopic (exact) mass is 494 g/mol. The summed E-state index contributed by atoms with van der Waals surface area (Å²) in [6, 6.07) is 8.19. The molecule has 34 heavy (non-hydrogen) atoms. The van der Waals surface area contributed by atoms with Gasteiger partial charge in [0.05, 0.1) is 16.2 Å². The molecule has 0 amide bonds. The van der Waals surface area contributed by atoms with Crippen LogP contribution in [-0.4, -0.2) is 33.9 Å². The van der Waals surface area contributed by atoms with Crippen molar-refractivity contribution >= 4 is 9.84 Å². The van der Waals surface area contributed by atoms with Crippen LogP contribution in [0, 0.1) is 5.82 Å². The highest BCUT2D eigenvalue weighted by Crippen LogP contribution is 2.31. The molecular formula is C21H14F4N4O4S. The fourth-order valence-corrected chi connectivity index (χ4v) is 4.15. The predicted molar refractivity (Wildman–Crippen MR) is 111 cm³/mol. The SMILES string of the molecule is CCS(=O)(=O)c1cc(-c2ccc(F)cc2)cnc1-c1noc(=O)n1-c1ccc(C(F)(F)F)cn1. The number of nitrogens with zero attached hydrogens (tertiary/aromatic N) is 4. The van der Waals surface area contributed by atoms with Crippen LogP contribution >= 0.6 is 0 Å². The second kappa shape index (κ2) is 8.48. The van der Waals surface area contributed by atoms with Gasteiger partial charge in [-0.3, -0.25) is 9.51 Å². The third-order valence-corrected chi connectivity index (χ3v) is 6.61. The first-order valence-corrected chi connectivity index (χ1v) is 11.3. The number of rotatable bonds is 5. The van der Waals surface area contributed by atoms with E-state index < -0.39 is 33.2 Å². The van der Waals surface area contributed by atoms with Crippen LogP contribution < -0.4 is 5.76 Å². The Labute approximate surface area is 189 Å². The van der Waals surface area contributed by atoms with Crippen molar-refractivity contribution in [2.75, 3.05) is 5.75 Å². The molecular weight excluding hydrogens is 480 g/mol. The molecule has 0 aliphatic carbocycles. The number of alkyl halides is 3.